The largest absolute Gasteiger partial charge is 0.584 e. The van der Waals surface area contributed by atoms with Gasteiger partial charge in [0.2, 0.25) is 0 Å². The number of para-hydroxylation sites is 1. The Kier molecular flexibility index (Phi) is 8.38. The lowest BCUT2D eigenvalue weighted by Crippen LogP contribution is -2.45. The monoisotopic (exact) mass is 303 g/mol. The molecule has 0 fully saturated rings. The maximum Gasteiger partial charge on any atom is 0.584 e. The lowest BCUT2D eigenvalue weighted by molar-refractivity contribution is -0.343. The second kappa shape index (κ2) is 9.83. The van der Waals surface area contributed by atoms with Crippen molar-refractivity contribution in [3.8, 4) is 0 Å². The number of hydrogen-bond acceptors (Lipinski definition) is 7. The van der Waals surface area contributed by atoms with Crippen LogP contribution in [0.25, 0.3) is 0 Å². The Hall–Kier alpha value is -1.00. The van der Waals surface area contributed by atoms with Gasteiger partial charge in [-0.1, -0.05) is 18.2 Å². The molecule has 1 aromatic carbocycles. The van der Waals surface area contributed by atoms with Gasteiger partial charge < -0.3 is 5.32 Å². The topological polar surface area (TPSA) is 67.4 Å². The Morgan fingerprint density at radius 2 is 1.45 bits per heavy atom. The van der Waals surface area contributed by atoms with E-state index in [0.717, 1.165) is 18.7 Å². The Labute approximate surface area is 119 Å². The summed E-state index contributed by atoms with van der Waals surface area (Å²) in [4.78, 5) is 14.0. The minimum Gasteiger partial charge on any atom is -0.385 e. The highest BCUT2D eigenvalue weighted by Gasteiger charge is 2.46. The van der Waals surface area contributed by atoms with Gasteiger partial charge in [-0.2, -0.15) is 0 Å². The summed E-state index contributed by atoms with van der Waals surface area (Å²) in [6, 6.07) is 10.4. The zero-order chi connectivity index (χ0) is 14.7. The van der Waals surface area contributed by atoms with Gasteiger partial charge in [0, 0.05) is 18.3 Å². The fraction of sp³-hybridized carbons (Fsp3) is 0.500. The maximum absolute atomic E-state index is 5.08. The quantitative estimate of drug-likeness (QED) is 0.291. The first-order valence-corrected chi connectivity index (χ1v) is 8.14. The molecular formula is C12H21NO6Si. The van der Waals surface area contributed by atoms with E-state index in [4.69, 9.17) is 13.7 Å². The van der Waals surface area contributed by atoms with Crippen LogP contribution in [0.2, 0.25) is 6.04 Å². The second-order valence-electron chi connectivity index (χ2n) is 3.83. The predicted molar refractivity (Wildman–Crippen MR) is 74.4 cm³/mol. The van der Waals surface area contributed by atoms with Gasteiger partial charge in [0.25, 0.3) is 0 Å². The van der Waals surface area contributed by atoms with Gasteiger partial charge in [-0.05, 0) is 18.6 Å². The number of hydrogen-bond donors (Lipinski definition) is 1. The summed E-state index contributed by atoms with van der Waals surface area (Å²) in [6.07, 6.45) is 0.733. The van der Waals surface area contributed by atoms with Gasteiger partial charge in [-0.3, -0.25) is 0 Å². The van der Waals surface area contributed by atoms with Crippen LogP contribution in [0.3, 0.4) is 0 Å². The summed E-state index contributed by atoms with van der Waals surface area (Å²) in [5, 5.41) is 3.28. The molecule has 1 rings (SSSR count). The fourth-order valence-corrected chi connectivity index (χ4v) is 3.35. The van der Waals surface area contributed by atoms with Crippen LogP contribution >= 0.6 is 0 Å². The Balaban J connectivity index is 2.40. The zero-order valence-corrected chi connectivity index (χ0v) is 13.0. The molecule has 0 spiro atoms. The average Bonchev–Trinajstić information content (AvgIpc) is 2.46. The molecule has 0 aliphatic carbocycles. The average molecular weight is 303 g/mol. The lowest BCUT2D eigenvalue weighted by atomic mass is 10.3. The van der Waals surface area contributed by atoms with E-state index in [1.54, 1.807) is 0 Å². The highest BCUT2D eigenvalue weighted by atomic mass is 28.4. The number of rotatable bonds is 11. The van der Waals surface area contributed by atoms with Crippen molar-refractivity contribution in [1.29, 1.82) is 0 Å². The van der Waals surface area contributed by atoms with E-state index in [1.165, 1.54) is 21.3 Å². The highest BCUT2D eigenvalue weighted by Crippen LogP contribution is 2.19. The van der Waals surface area contributed by atoms with Crippen molar-refractivity contribution in [2.24, 2.45) is 0 Å². The lowest BCUT2D eigenvalue weighted by Gasteiger charge is -2.23. The summed E-state index contributed by atoms with van der Waals surface area (Å²) in [6.45, 7) is 0.728. The zero-order valence-electron chi connectivity index (χ0n) is 12.0. The highest BCUT2D eigenvalue weighted by molar-refractivity contribution is 6.59. The van der Waals surface area contributed by atoms with Crippen LogP contribution < -0.4 is 5.32 Å². The smallest absolute Gasteiger partial charge is 0.385 e. The minimum atomic E-state index is -3.14. The second-order valence-corrected chi connectivity index (χ2v) is 6.20. The Bertz CT molecular complexity index is 336. The van der Waals surface area contributed by atoms with Crippen molar-refractivity contribution >= 4 is 14.5 Å². The molecule has 8 heteroatoms. The van der Waals surface area contributed by atoms with Gasteiger partial charge in [-0.15, -0.1) is 0 Å². The van der Waals surface area contributed by atoms with Crippen molar-refractivity contribution in [1.82, 2.24) is 0 Å². The van der Waals surface area contributed by atoms with Crippen molar-refractivity contribution in [3.63, 3.8) is 0 Å². The maximum atomic E-state index is 5.08. The van der Waals surface area contributed by atoms with Crippen molar-refractivity contribution in [2.75, 3.05) is 33.2 Å². The molecule has 0 heterocycles. The molecule has 0 saturated heterocycles. The minimum absolute atomic E-state index is 0.475. The standard InChI is InChI=1S/C12H21NO6Si/c1-14-17-20(18-15-2,19-16-3)11-7-10-13-12-8-5-4-6-9-12/h4-6,8-9,13H,7,10-11H2,1-3H3. The van der Waals surface area contributed by atoms with Crippen LogP contribution in [0.1, 0.15) is 6.42 Å². The van der Waals surface area contributed by atoms with Gasteiger partial charge in [0.05, 0.1) is 21.3 Å². The van der Waals surface area contributed by atoms with Crippen LogP contribution in [-0.2, 0) is 28.4 Å². The van der Waals surface area contributed by atoms with E-state index >= 15 is 0 Å². The first-order chi connectivity index (χ1) is 9.76. The van der Waals surface area contributed by atoms with Crippen LogP contribution in [0, 0.1) is 0 Å². The van der Waals surface area contributed by atoms with Crippen molar-refractivity contribution in [3.05, 3.63) is 30.3 Å². The van der Waals surface area contributed by atoms with E-state index < -0.39 is 8.80 Å². The molecule has 1 N–H and O–H groups in total. The molecule has 0 bridgehead atoms. The number of benzene rings is 1. The third-order valence-electron chi connectivity index (χ3n) is 2.39. The Morgan fingerprint density at radius 1 is 0.900 bits per heavy atom. The van der Waals surface area contributed by atoms with Crippen LogP contribution in [-0.4, -0.2) is 36.7 Å². The van der Waals surface area contributed by atoms with Crippen LogP contribution in [0.15, 0.2) is 30.3 Å². The molecule has 0 saturated carbocycles. The molecule has 0 radical (unpaired) electrons. The summed E-state index contributed by atoms with van der Waals surface area (Å²) >= 11 is 0. The predicted octanol–water partition coefficient (Wildman–Crippen LogP) is 2.16. The van der Waals surface area contributed by atoms with Gasteiger partial charge in [0.1, 0.15) is 0 Å². The van der Waals surface area contributed by atoms with Gasteiger partial charge >= 0.3 is 8.80 Å². The van der Waals surface area contributed by atoms with Gasteiger partial charge in [-0.25, -0.2) is 28.4 Å². The first kappa shape index (κ1) is 17.0. The third kappa shape index (κ3) is 5.97. The molecule has 0 atom stereocenters. The molecule has 7 nitrogen and oxygen atoms in total. The Morgan fingerprint density at radius 3 is 1.95 bits per heavy atom. The number of anilines is 1. The normalized spacial score (nSPS) is 11.6. The van der Waals surface area contributed by atoms with Gasteiger partial charge in [0.15, 0.2) is 0 Å². The van der Waals surface area contributed by atoms with Crippen molar-refractivity contribution in [2.45, 2.75) is 12.5 Å². The molecule has 0 amide bonds. The van der Waals surface area contributed by atoms with E-state index in [-0.39, 0.29) is 0 Å². The third-order valence-corrected chi connectivity index (χ3v) is 4.62. The summed E-state index contributed by atoms with van der Waals surface area (Å²) in [5.74, 6) is 0. The molecule has 0 unspecified atom stereocenters. The summed E-state index contributed by atoms with van der Waals surface area (Å²) in [5.41, 5.74) is 1.05. The molecule has 20 heavy (non-hydrogen) atoms. The first-order valence-electron chi connectivity index (χ1n) is 6.20. The fourth-order valence-electron chi connectivity index (χ4n) is 1.64. The van der Waals surface area contributed by atoms with E-state index in [1.807, 2.05) is 30.3 Å². The van der Waals surface area contributed by atoms with E-state index in [9.17, 15) is 0 Å². The van der Waals surface area contributed by atoms with Crippen LogP contribution in [0.5, 0.6) is 0 Å². The summed E-state index contributed by atoms with van der Waals surface area (Å²) in [7, 11) is 0.991. The molecular weight excluding hydrogens is 282 g/mol. The molecule has 0 aliphatic rings. The SMILES string of the molecule is COO[Si](CCCNc1ccccc1)(OOC)OOC. The molecule has 0 aliphatic heterocycles. The summed E-state index contributed by atoms with van der Waals surface area (Å²) < 4.78 is 15.2. The molecule has 1 aromatic rings. The van der Waals surface area contributed by atoms with E-state index in [2.05, 4.69) is 20.0 Å². The van der Waals surface area contributed by atoms with E-state index in [0.29, 0.717) is 6.04 Å². The van der Waals surface area contributed by atoms with Crippen molar-refractivity contribution < 1.29 is 28.4 Å². The number of nitrogens with one attached hydrogen (secondary N) is 1. The molecule has 0 aromatic heterocycles. The van der Waals surface area contributed by atoms with Crippen LogP contribution in [0.4, 0.5) is 5.69 Å². The molecule has 114 valence electrons.